The Morgan fingerprint density at radius 3 is 2.56 bits per heavy atom. The summed E-state index contributed by atoms with van der Waals surface area (Å²) in [5.74, 6) is -1.38. The number of fused-ring (bicyclic) bond motifs is 1. The maximum atomic E-state index is 11.2. The molecule has 2 amide bonds. The smallest absolute Gasteiger partial charge is 0.343 e. The highest BCUT2D eigenvalue weighted by Crippen LogP contribution is 2.17. The van der Waals surface area contributed by atoms with E-state index in [1.165, 1.54) is 0 Å². The van der Waals surface area contributed by atoms with Gasteiger partial charge in [-0.15, -0.1) is 15.1 Å². The second-order valence-electron chi connectivity index (χ2n) is 3.19. The number of carbonyl (C=O) groups is 2. The maximum absolute atomic E-state index is 11.2. The first-order valence-corrected chi connectivity index (χ1v) is 4.55. The molecule has 0 radical (unpaired) electrons. The van der Waals surface area contributed by atoms with Crippen molar-refractivity contribution in [1.29, 1.82) is 0 Å². The van der Waals surface area contributed by atoms with Gasteiger partial charge in [-0.1, -0.05) is 18.2 Å². The highest BCUT2D eigenvalue weighted by atomic mass is 16.5. The topological polar surface area (TPSA) is 71.3 Å². The quantitative estimate of drug-likeness (QED) is 0.624. The summed E-state index contributed by atoms with van der Waals surface area (Å²) < 4.78 is 5.20. The number of benzene rings is 1. The van der Waals surface area contributed by atoms with E-state index >= 15 is 0 Å². The lowest BCUT2D eigenvalue weighted by Gasteiger charge is -1.97. The summed E-state index contributed by atoms with van der Waals surface area (Å²) in [5, 5.41) is 4.74. The van der Waals surface area contributed by atoms with E-state index in [0.29, 0.717) is 0 Å². The molecule has 0 unspecified atom stereocenters. The molecule has 6 nitrogen and oxygen atoms in total. The normalized spacial score (nSPS) is 18.1. The van der Waals surface area contributed by atoms with E-state index in [-0.39, 0.29) is 11.9 Å². The minimum absolute atomic E-state index is 0.0751. The van der Waals surface area contributed by atoms with Crippen molar-refractivity contribution in [2.24, 2.45) is 10.1 Å². The third-order valence-electron chi connectivity index (χ3n) is 2.15. The number of carbonyl (C=O) groups excluding carboxylic acids is 2. The van der Waals surface area contributed by atoms with E-state index in [4.69, 9.17) is 4.74 Å². The molecule has 0 spiro atoms. The summed E-state index contributed by atoms with van der Waals surface area (Å²) in [6.07, 6.45) is 0. The molecule has 0 saturated carbocycles. The van der Waals surface area contributed by atoms with Crippen molar-refractivity contribution in [3.8, 4) is 0 Å². The number of hydrazone groups is 1. The van der Waals surface area contributed by atoms with Crippen LogP contribution in [0.15, 0.2) is 40.4 Å². The average molecular weight is 215 g/mol. The predicted molar refractivity (Wildman–Crippen MR) is 53.4 cm³/mol. The van der Waals surface area contributed by atoms with Crippen LogP contribution in [0.1, 0.15) is 5.56 Å². The second kappa shape index (κ2) is 2.99. The molecule has 0 saturated heterocycles. The summed E-state index contributed by atoms with van der Waals surface area (Å²) >= 11 is 0. The number of amides is 2. The van der Waals surface area contributed by atoms with Crippen LogP contribution in [-0.2, 0) is 14.3 Å². The van der Waals surface area contributed by atoms with Crippen molar-refractivity contribution < 1.29 is 14.3 Å². The van der Waals surface area contributed by atoms with E-state index in [1.54, 1.807) is 12.1 Å². The molecule has 2 aliphatic rings. The third kappa shape index (κ3) is 1.13. The van der Waals surface area contributed by atoms with Crippen LogP contribution >= 0.6 is 0 Å². The fraction of sp³-hybridized carbons (Fsp3) is 0. The zero-order chi connectivity index (χ0) is 11.1. The molecule has 0 aromatic heterocycles. The minimum Gasteiger partial charge on any atom is -0.403 e. The van der Waals surface area contributed by atoms with E-state index in [0.717, 1.165) is 10.6 Å². The van der Waals surface area contributed by atoms with Crippen molar-refractivity contribution in [3.63, 3.8) is 0 Å². The van der Waals surface area contributed by atoms with Crippen LogP contribution in [-0.4, -0.2) is 28.7 Å². The van der Waals surface area contributed by atoms with Gasteiger partial charge in [0.1, 0.15) is 0 Å². The zero-order valence-electron chi connectivity index (χ0n) is 7.95. The lowest BCUT2D eigenvalue weighted by Crippen LogP contribution is -2.25. The Labute approximate surface area is 89.8 Å². The Morgan fingerprint density at radius 1 is 1.12 bits per heavy atom. The van der Waals surface area contributed by atoms with Crippen LogP contribution in [0.5, 0.6) is 0 Å². The summed E-state index contributed by atoms with van der Waals surface area (Å²) in [6.45, 7) is 0. The van der Waals surface area contributed by atoms with Gasteiger partial charge in [0, 0.05) is 5.56 Å². The first-order valence-electron chi connectivity index (χ1n) is 4.55. The fourth-order valence-electron chi connectivity index (χ4n) is 1.41. The number of hydrogen-bond donors (Lipinski definition) is 0. The van der Waals surface area contributed by atoms with Crippen LogP contribution in [0, 0.1) is 0 Å². The molecule has 3 rings (SSSR count). The van der Waals surface area contributed by atoms with Gasteiger partial charge in [0.15, 0.2) is 0 Å². The molecule has 0 bridgehead atoms. The van der Waals surface area contributed by atoms with E-state index in [2.05, 4.69) is 10.1 Å². The van der Waals surface area contributed by atoms with Crippen molar-refractivity contribution in [3.05, 3.63) is 35.9 Å². The van der Waals surface area contributed by atoms with Gasteiger partial charge in [-0.05, 0) is 12.1 Å². The van der Waals surface area contributed by atoms with Gasteiger partial charge in [-0.2, -0.15) is 0 Å². The SMILES string of the molecule is O=C1N=C2OC(c3ccccc3)=NN2C1=O. The van der Waals surface area contributed by atoms with Gasteiger partial charge >= 0.3 is 17.8 Å². The van der Waals surface area contributed by atoms with Gasteiger partial charge in [0.05, 0.1) is 0 Å². The molecule has 0 fully saturated rings. The number of nitrogens with zero attached hydrogens (tertiary/aromatic N) is 3. The summed E-state index contributed by atoms with van der Waals surface area (Å²) in [7, 11) is 0. The van der Waals surface area contributed by atoms with Crippen LogP contribution in [0.25, 0.3) is 0 Å². The molecule has 2 aliphatic heterocycles. The van der Waals surface area contributed by atoms with E-state index < -0.39 is 11.8 Å². The van der Waals surface area contributed by atoms with Gasteiger partial charge in [-0.3, -0.25) is 9.59 Å². The average Bonchev–Trinajstić information content (AvgIpc) is 2.82. The van der Waals surface area contributed by atoms with Gasteiger partial charge in [0.25, 0.3) is 0 Å². The Hall–Kier alpha value is -2.50. The summed E-state index contributed by atoms with van der Waals surface area (Å²) in [4.78, 5) is 25.6. The predicted octanol–water partition coefficient (Wildman–Crippen LogP) is 0.103. The van der Waals surface area contributed by atoms with Gasteiger partial charge < -0.3 is 4.74 Å². The molecule has 0 atom stereocenters. The van der Waals surface area contributed by atoms with Crippen molar-refractivity contribution in [1.82, 2.24) is 5.01 Å². The molecule has 2 heterocycles. The molecule has 0 aliphatic carbocycles. The van der Waals surface area contributed by atoms with Crippen LogP contribution in [0.4, 0.5) is 0 Å². The highest BCUT2D eigenvalue weighted by Gasteiger charge is 2.40. The molecule has 1 aromatic carbocycles. The summed E-state index contributed by atoms with van der Waals surface area (Å²) in [5.41, 5.74) is 0.722. The minimum atomic E-state index is -0.856. The molecule has 6 heteroatoms. The Morgan fingerprint density at radius 2 is 1.88 bits per heavy atom. The molecule has 16 heavy (non-hydrogen) atoms. The fourth-order valence-corrected chi connectivity index (χ4v) is 1.41. The molecular weight excluding hydrogens is 210 g/mol. The Bertz CT molecular complexity index is 548. The van der Waals surface area contributed by atoms with Crippen LogP contribution in [0.2, 0.25) is 0 Å². The van der Waals surface area contributed by atoms with Crippen molar-refractivity contribution in [2.45, 2.75) is 0 Å². The number of ether oxygens (including phenoxy) is 1. The Balaban J connectivity index is 1.97. The summed E-state index contributed by atoms with van der Waals surface area (Å²) in [6, 6.07) is 8.99. The lowest BCUT2D eigenvalue weighted by atomic mass is 10.2. The van der Waals surface area contributed by atoms with Crippen LogP contribution < -0.4 is 0 Å². The van der Waals surface area contributed by atoms with Gasteiger partial charge in [-0.25, -0.2) is 0 Å². The largest absolute Gasteiger partial charge is 0.403 e. The second-order valence-corrected chi connectivity index (χ2v) is 3.19. The molecular formula is C10H5N3O3. The monoisotopic (exact) mass is 215 g/mol. The lowest BCUT2D eigenvalue weighted by molar-refractivity contribution is -0.139. The first kappa shape index (κ1) is 8.78. The van der Waals surface area contributed by atoms with E-state index in [1.807, 2.05) is 18.2 Å². The molecule has 1 aromatic rings. The highest BCUT2D eigenvalue weighted by molar-refractivity contribution is 6.44. The Kier molecular flexibility index (Phi) is 1.64. The van der Waals surface area contributed by atoms with Gasteiger partial charge in [0.2, 0.25) is 5.90 Å². The molecule has 0 N–H and O–H groups in total. The van der Waals surface area contributed by atoms with Crippen molar-refractivity contribution >= 4 is 23.7 Å². The van der Waals surface area contributed by atoms with E-state index in [9.17, 15) is 9.59 Å². The number of hydrogen-bond acceptors (Lipinski definition) is 4. The third-order valence-corrected chi connectivity index (χ3v) is 2.15. The first-order chi connectivity index (χ1) is 7.75. The zero-order valence-corrected chi connectivity index (χ0v) is 7.95. The number of rotatable bonds is 1. The number of amidine groups is 1. The van der Waals surface area contributed by atoms with Crippen molar-refractivity contribution in [2.75, 3.05) is 0 Å². The standard InChI is InChI=1S/C10H5N3O3/c14-7-9(15)13-10(11-7)16-8(12-13)6-4-2-1-3-5-6/h1-5H. The number of aliphatic imine (C=N–C) groups is 1. The maximum Gasteiger partial charge on any atom is 0.343 e. The molecule has 78 valence electrons. The van der Waals surface area contributed by atoms with Crippen LogP contribution in [0.3, 0.4) is 0 Å².